The van der Waals surface area contributed by atoms with Crippen molar-refractivity contribution in [2.24, 2.45) is 0 Å². The van der Waals surface area contributed by atoms with E-state index in [2.05, 4.69) is 15.1 Å². The maximum Gasteiger partial charge on any atom is 0.418 e. The molecule has 2 aromatic heterocycles. The zero-order valence-corrected chi connectivity index (χ0v) is 15.8. The highest BCUT2D eigenvalue weighted by Gasteiger charge is 2.13. The number of thiazole rings is 1. The zero-order valence-electron chi connectivity index (χ0n) is 14.3. The predicted octanol–water partition coefficient (Wildman–Crippen LogP) is 5.10. The van der Waals surface area contributed by atoms with Gasteiger partial charge in [-0.25, -0.2) is 4.98 Å². The molecule has 0 aliphatic rings. The number of ether oxygens (including phenoxy) is 2. The van der Waals surface area contributed by atoms with Gasteiger partial charge >= 0.3 is 6.08 Å². The summed E-state index contributed by atoms with van der Waals surface area (Å²) in [6.07, 6.45) is 0.0702. The Morgan fingerprint density at radius 2 is 2.00 bits per heavy atom. The quantitative estimate of drug-likeness (QED) is 0.449. The van der Waals surface area contributed by atoms with E-state index in [1.807, 2.05) is 47.8 Å². The molecule has 0 bridgehead atoms. The van der Waals surface area contributed by atoms with Gasteiger partial charge in [-0.1, -0.05) is 41.0 Å². The fraction of sp³-hybridized carbons (Fsp3) is 0.105. The summed E-state index contributed by atoms with van der Waals surface area (Å²) in [5.74, 6) is 1.17. The molecule has 2 heterocycles. The summed E-state index contributed by atoms with van der Waals surface area (Å²) in [6.45, 7) is 0.227. The zero-order chi connectivity index (χ0) is 18.6. The molecular weight excluding hydrogens is 386 g/mol. The fourth-order valence-corrected chi connectivity index (χ4v) is 3.44. The van der Waals surface area contributed by atoms with Crippen molar-refractivity contribution in [3.63, 3.8) is 0 Å². The first kappa shape index (κ1) is 17.5. The Hall–Kier alpha value is -2.90. The van der Waals surface area contributed by atoms with Crippen molar-refractivity contribution in [2.75, 3.05) is 7.11 Å². The van der Waals surface area contributed by atoms with Crippen LogP contribution in [0.1, 0.15) is 5.69 Å². The van der Waals surface area contributed by atoms with E-state index >= 15 is 0 Å². The Labute approximate surface area is 164 Å². The van der Waals surface area contributed by atoms with Gasteiger partial charge in [-0.3, -0.25) is 4.52 Å². The molecule has 0 amide bonds. The van der Waals surface area contributed by atoms with Crippen molar-refractivity contribution in [2.45, 2.75) is 6.61 Å². The van der Waals surface area contributed by atoms with Crippen molar-refractivity contribution < 1.29 is 14.0 Å². The lowest BCUT2D eigenvalue weighted by molar-refractivity contribution is 0.193. The molecule has 0 aliphatic carbocycles. The van der Waals surface area contributed by atoms with E-state index in [0.717, 1.165) is 22.0 Å². The average molecular weight is 400 g/mol. The number of benzene rings is 2. The number of hydrogen-bond acceptors (Lipinski definition) is 7. The first-order valence-electron chi connectivity index (χ1n) is 8.03. The Balaban J connectivity index is 1.44. The largest absolute Gasteiger partial charge is 0.497 e. The van der Waals surface area contributed by atoms with Gasteiger partial charge in [-0.2, -0.15) is 4.98 Å². The van der Waals surface area contributed by atoms with E-state index in [1.54, 1.807) is 13.2 Å². The van der Waals surface area contributed by atoms with E-state index < -0.39 is 0 Å². The monoisotopic (exact) mass is 399 g/mol. The van der Waals surface area contributed by atoms with Crippen LogP contribution in [0.5, 0.6) is 11.8 Å². The van der Waals surface area contributed by atoms with Gasteiger partial charge in [-0.15, -0.1) is 11.3 Å². The second-order valence-electron chi connectivity index (χ2n) is 5.53. The third-order valence-corrected chi connectivity index (χ3v) is 5.00. The van der Waals surface area contributed by atoms with E-state index in [1.165, 1.54) is 11.3 Å². The van der Waals surface area contributed by atoms with Crippen LogP contribution in [0.4, 0.5) is 0 Å². The smallest absolute Gasteiger partial charge is 0.418 e. The normalized spacial score (nSPS) is 10.7. The second-order valence-corrected chi connectivity index (χ2v) is 6.79. The van der Waals surface area contributed by atoms with E-state index in [-0.39, 0.29) is 12.7 Å². The lowest BCUT2D eigenvalue weighted by Gasteiger charge is -2.01. The number of halogens is 1. The maximum atomic E-state index is 6.14. The fourth-order valence-electron chi connectivity index (χ4n) is 2.42. The predicted molar refractivity (Wildman–Crippen MR) is 103 cm³/mol. The maximum absolute atomic E-state index is 6.14. The van der Waals surface area contributed by atoms with Crippen LogP contribution in [-0.2, 0) is 6.61 Å². The third kappa shape index (κ3) is 3.94. The van der Waals surface area contributed by atoms with Gasteiger partial charge in [-0.05, 0) is 24.3 Å². The topological polar surface area (TPSA) is 70.3 Å². The number of aromatic nitrogens is 3. The van der Waals surface area contributed by atoms with Gasteiger partial charge in [0.2, 0.25) is 5.82 Å². The molecule has 4 rings (SSSR count). The first-order valence-corrected chi connectivity index (χ1v) is 9.29. The molecule has 0 fully saturated rings. The van der Waals surface area contributed by atoms with E-state index in [4.69, 9.17) is 25.6 Å². The Morgan fingerprint density at radius 1 is 1.11 bits per heavy atom. The number of hydrogen-bond donors (Lipinski definition) is 0. The second kappa shape index (κ2) is 7.77. The SMILES string of the molecule is COc1cccc(-c2nc(COc3nc(-c4ccccc4Cl)no3)cs2)c1. The van der Waals surface area contributed by atoms with Crippen LogP contribution >= 0.6 is 22.9 Å². The van der Waals surface area contributed by atoms with Crippen LogP contribution in [0.2, 0.25) is 5.02 Å². The van der Waals surface area contributed by atoms with Gasteiger partial charge in [0, 0.05) is 16.5 Å². The van der Waals surface area contributed by atoms with Crippen molar-refractivity contribution in [1.29, 1.82) is 0 Å². The summed E-state index contributed by atoms with van der Waals surface area (Å²) in [6, 6.07) is 15.0. The molecule has 0 unspecified atom stereocenters. The molecule has 0 N–H and O–H groups in total. The molecule has 2 aromatic carbocycles. The van der Waals surface area contributed by atoms with Crippen molar-refractivity contribution in [3.05, 3.63) is 64.6 Å². The summed E-state index contributed by atoms with van der Waals surface area (Å²) in [4.78, 5) is 8.80. The van der Waals surface area contributed by atoms with Gasteiger partial charge < -0.3 is 9.47 Å². The Bertz CT molecular complexity index is 1060. The first-order chi connectivity index (χ1) is 13.2. The molecule has 0 atom stereocenters. The highest BCUT2D eigenvalue weighted by Crippen LogP contribution is 2.28. The summed E-state index contributed by atoms with van der Waals surface area (Å²) in [5, 5.41) is 7.27. The standard InChI is InChI=1S/C19H14ClN3O3S/c1-24-14-6-4-5-12(9-14)18-21-13(11-27-18)10-25-19-22-17(23-26-19)15-7-2-3-8-16(15)20/h2-9,11H,10H2,1H3. The number of nitrogens with zero attached hydrogens (tertiary/aromatic N) is 3. The minimum Gasteiger partial charge on any atom is -0.497 e. The van der Waals surface area contributed by atoms with Crippen LogP contribution in [0.15, 0.2) is 58.4 Å². The molecular formula is C19H14ClN3O3S. The molecule has 27 heavy (non-hydrogen) atoms. The molecule has 8 heteroatoms. The Morgan fingerprint density at radius 3 is 2.85 bits per heavy atom. The molecule has 136 valence electrons. The molecule has 0 saturated carbocycles. The molecule has 0 spiro atoms. The van der Waals surface area contributed by atoms with Crippen LogP contribution in [0.25, 0.3) is 22.0 Å². The van der Waals surface area contributed by atoms with Gasteiger partial charge in [0.1, 0.15) is 17.4 Å². The average Bonchev–Trinajstić information content (AvgIpc) is 3.36. The summed E-state index contributed by atoms with van der Waals surface area (Å²) in [7, 11) is 1.64. The van der Waals surface area contributed by atoms with Crippen molar-refractivity contribution in [3.8, 4) is 33.8 Å². The third-order valence-electron chi connectivity index (χ3n) is 3.73. The summed E-state index contributed by atoms with van der Waals surface area (Å²) < 4.78 is 15.9. The Kier molecular flexibility index (Phi) is 5.04. The highest BCUT2D eigenvalue weighted by molar-refractivity contribution is 7.13. The van der Waals surface area contributed by atoms with Crippen LogP contribution < -0.4 is 9.47 Å². The summed E-state index contributed by atoms with van der Waals surface area (Å²) >= 11 is 7.67. The minimum atomic E-state index is 0.0702. The summed E-state index contributed by atoms with van der Waals surface area (Å²) in [5.41, 5.74) is 2.45. The molecule has 6 nitrogen and oxygen atoms in total. The molecule has 0 aliphatic heterocycles. The lowest BCUT2D eigenvalue weighted by Crippen LogP contribution is -1.96. The van der Waals surface area contributed by atoms with Crippen LogP contribution in [0.3, 0.4) is 0 Å². The highest BCUT2D eigenvalue weighted by atomic mass is 35.5. The molecule has 4 aromatic rings. The van der Waals surface area contributed by atoms with Gasteiger partial charge in [0.25, 0.3) is 0 Å². The van der Waals surface area contributed by atoms with Crippen molar-refractivity contribution >= 4 is 22.9 Å². The van der Waals surface area contributed by atoms with Gasteiger partial charge in [0.15, 0.2) is 0 Å². The van der Waals surface area contributed by atoms with Crippen molar-refractivity contribution in [1.82, 2.24) is 15.1 Å². The van der Waals surface area contributed by atoms with Crippen LogP contribution in [-0.4, -0.2) is 22.2 Å². The van der Waals surface area contributed by atoms with Gasteiger partial charge in [0.05, 0.1) is 17.8 Å². The lowest BCUT2D eigenvalue weighted by atomic mass is 10.2. The number of rotatable bonds is 6. The van der Waals surface area contributed by atoms with E-state index in [9.17, 15) is 0 Å². The number of methoxy groups -OCH3 is 1. The minimum absolute atomic E-state index is 0.0702. The molecule has 0 radical (unpaired) electrons. The molecule has 0 saturated heterocycles. The van der Waals surface area contributed by atoms with E-state index in [0.29, 0.717) is 16.4 Å². The van der Waals surface area contributed by atoms with Crippen LogP contribution in [0, 0.1) is 0 Å².